The van der Waals surface area contributed by atoms with Gasteiger partial charge in [0.2, 0.25) is 0 Å². The molecule has 1 N–H and O–H groups in total. The largest absolute Gasteiger partial charge is 0.383 e. The molecule has 0 saturated heterocycles. The molecule has 0 amide bonds. The molecule has 114 valence electrons. The van der Waals surface area contributed by atoms with Crippen LogP contribution < -0.4 is 5.32 Å². The molecule has 0 aliphatic heterocycles. The standard InChI is InChI=1S/C14H21N5O2/c1-11(15-8-9-20-2)14-16-17-18-19(14)13-7-5-4-6-12(13)10-21-3/h4-7,11,15H,8-10H2,1-3H3. The van der Waals surface area contributed by atoms with Crippen LogP contribution in [-0.4, -0.2) is 47.6 Å². The second kappa shape index (κ2) is 7.82. The van der Waals surface area contributed by atoms with E-state index < -0.39 is 0 Å². The molecule has 0 spiro atoms. The van der Waals surface area contributed by atoms with Crippen molar-refractivity contribution in [3.05, 3.63) is 35.7 Å². The molecule has 1 aromatic carbocycles. The van der Waals surface area contributed by atoms with Crippen LogP contribution in [0.5, 0.6) is 0 Å². The average molecular weight is 291 g/mol. The third-order valence-corrected chi connectivity index (χ3v) is 3.16. The number of aromatic nitrogens is 4. The van der Waals surface area contributed by atoms with Gasteiger partial charge in [-0.25, -0.2) is 0 Å². The highest BCUT2D eigenvalue weighted by atomic mass is 16.5. The van der Waals surface area contributed by atoms with Gasteiger partial charge in [0.1, 0.15) is 0 Å². The first-order valence-corrected chi connectivity index (χ1v) is 6.85. The molecule has 1 aromatic heterocycles. The zero-order chi connectivity index (χ0) is 15.1. The van der Waals surface area contributed by atoms with Gasteiger partial charge in [-0.3, -0.25) is 0 Å². The first-order valence-electron chi connectivity index (χ1n) is 6.85. The molecule has 0 aliphatic rings. The van der Waals surface area contributed by atoms with Gasteiger partial charge in [-0.05, 0) is 23.4 Å². The summed E-state index contributed by atoms with van der Waals surface area (Å²) in [6.07, 6.45) is 0. The smallest absolute Gasteiger partial charge is 0.173 e. The van der Waals surface area contributed by atoms with Crippen LogP contribution >= 0.6 is 0 Å². The molecule has 2 aromatic rings. The lowest BCUT2D eigenvalue weighted by atomic mass is 10.2. The first kappa shape index (κ1) is 15.6. The number of nitrogens with zero attached hydrogens (tertiary/aromatic N) is 4. The Balaban J connectivity index is 2.23. The highest BCUT2D eigenvalue weighted by Gasteiger charge is 2.17. The van der Waals surface area contributed by atoms with Crippen LogP contribution in [0.25, 0.3) is 5.69 Å². The molecular formula is C14H21N5O2. The monoisotopic (exact) mass is 291 g/mol. The molecule has 0 radical (unpaired) electrons. The number of rotatable bonds is 8. The third kappa shape index (κ3) is 3.84. The van der Waals surface area contributed by atoms with Crippen LogP contribution in [0.2, 0.25) is 0 Å². The van der Waals surface area contributed by atoms with Gasteiger partial charge in [-0.1, -0.05) is 18.2 Å². The summed E-state index contributed by atoms with van der Waals surface area (Å²) in [5, 5.41) is 15.4. The van der Waals surface area contributed by atoms with Crippen LogP contribution in [0.15, 0.2) is 24.3 Å². The predicted molar refractivity (Wildman–Crippen MR) is 78.2 cm³/mol. The highest BCUT2D eigenvalue weighted by molar-refractivity contribution is 5.40. The van der Waals surface area contributed by atoms with E-state index in [9.17, 15) is 0 Å². The number of tetrazole rings is 1. The van der Waals surface area contributed by atoms with E-state index in [1.54, 1.807) is 18.9 Å². The maximum atomic E-state index is 5.23. The van der Waals surface area contributed by atoms with Gasteiger partial charge < -0.3 is 14.8 Å². The molecule has 2 rings (SSSR count). The number of ether oxygens (including phenoxy) is 2. The van der Waals surface area contributed by atoms with Gasteiger partial charge in [0.05, 0.1) is 24.9 Å². The van der Waals surface area contributed by atoms with Crippen molar-refractivity contribution in [2.24, 2.45) is 0 Å². The van der Waals surface area contributed by atoms with E-state index in [-0.39, 0.29) is 6.04 Å². The molecule has 1 unspecified atom stereocenters. The van der Waals surface area contributed by atoms with Crippen LogP contribution in [0.3, 0.4) is 0 Å². The lowest BCUT2D eigenvalue weighted by molar-refractivity contribution is 0.184. The Kier molecular flexibility index (Phi) is 5.79. The van der Waals surface area contributed by atoms with Crippen molar-refractivity contribution in [1.29, 1.82) is 0 Å². The Labute approximate surface area is 124 Å². The van der Waals surface area contributed by atoms with Gasteiger partial charge in [0.15, 0.2) is 5.82 Å². The number of methoxy groups -OCH3 is 2. The van der Waals surface area contributed by atoms with Crippen LogP contribution in [0, 0.1) is 0 Å². The predicted octanol–water partition coefficient (Wildman–Crippen LogP) is 1.11. The van der Waals surface area contributed by atoms with Gasteiger partial charge >= 0.3 is 0 Å². The fraction of sp³-hybridized carbons (Fsp3) is 0.500. The first-order chi connectivity index (χ1) is 10.3. The van der Waals surface area contributed by atoms with E-state index >= 15 is 0 Å². The van der Waals surface area contributed by atoms with Crippen molar-refractivity contribution in [2.75, 3.05) is 27.4 Å². The van der Waals surface area contributed by atoms with Gasteiger partial charge in [0.25, 0.3) is 0 Å². The number of benzene rings is 1. The number of hydrogen-bond donors (Lipinski definition) is 1. The Hall–Kier alpha value is -1.83. The van der Waals surface area contributed by atoms with E-state index in [1.165, 1.54) is 0 Å². The van der Waals surface area contributed by atoms with E-state index in [2.05, 4.69) is 20.8 Å². The van der Waals surface area contributed by atoms with E-state index in [0.717, 1.165) is 23.6 Å². The fourth-order valence-electron chi connectivity index (χ4n) is 2.10. The second-order valence-corrected chi connectivity index (χ2v) is 4.68. The van der Waals surface area contributed by atoms with Crippen molar-refractivity contribution < 1.29 is 9.47 Å². The maximum absolute atomic E-state index is 5.23. The minimum absolute atomic E-state index is 0.0192. The Morgan fingerprint density at radius 2 is 2.05 bits per heavy atom. The van der Waals surface area contributed by atoms with Gasteiger partial charge in [-0.2, -0.15) is 4.68 Å². The minimum atomic E-state index is 0.0192. The molecule has 7 heteroatoms. The summed E-state index contributed by atoms with van der Waals surface area (Å²) >= 11 is 0. The molecule has 0 aliphatic carbocycles. The van der Waals surface area contributed by atoms with Crippen molar-refractivity contribution in [1.82, 2.24) is 25.5 Å². The van der Waals surface area contributed by atoms with E-state index in [4.69, 9.17) is 9.47 Å². The SMILES string of the molecule is COCCNC(C)c1nnnn1-c1ccccc1COC. The summed E-state index contributed by atoms with van der Waals surface area (Å²) in [5.41, 5.74) is 1.97. The fourth-order valence-corrected chi connectivity index (χ4v) is 2.10. The summed E-state index contributed by atoms with van der Waals surface area (Å²) in [4.78, 5) is 0. The van der Waals surface area contributed by atoms with E-state index in [0.29, 0.717) is 13.2 Å². The van der Waals surface area contributed by atoms with Crippen LogP contribution in [-0.2, 0) is 16.1 Å². The summed E-state index contributed by atoms with van der Waals surface area (Å²) in [6, 6.07) is 7.94. The van der Waals surface area contributed by atoms with E-state index in [1.807, 2.05) is 31.2 Å². The van der Waals surface area contributed by atoms with Crippen molar-refractivity contribution >= 4 is 0 Å². The molecule has 7 nitrogen and oxygen atoms in total. The third-order valence-electron chi connectivity index (χ3n) is 3.16. The average Bonchev–Trinajstić information content (AvgIpc) is 2.98. The molecule has 0 bridgehead atoms. The zero-order valence-electron chi connectivity index (χ0n) is 12.6. The summed E-state index contributed by atoms with van der Waals surface area (Å²) in [5.74, 6) is 0.759. The number of hydrogen-bond acceptors (Lipinski definition) is 6. The Bertz CT molecular complexity index is 558. The van der Waals surface area contributed by atoms with Crippen molar-refractivity contribution in [3.8, 4) is 5.69 Å². The number of para-hydroxylation sites is 1. The van der Waals surface area contributed by atoms with Crippen molar-refractivity contribution in [3.63, 3.8) is 0 Å². The van der Waals surface area contributed by atoms with Gasteiger partial charge in [-0.15, -0.1) is 5.10 Å². The molecule has 0 saturated carbocycles. The quantitative estimate of drug-likeness (QED) is 0.734. The zero-order valence-corrected chi connectivity index (χ0v) is 12.6. The Morgan fingerprint density at radius 3 is 2.81 bits per heavy atom. The Morgan fingerprint density at radius 1 is 1.24 bits per heavy atom. The number of nitrogens with one attached hydrogen (secondary N) is 1. The highest BCUT2D eigenvalue weighted by Crippen LogP contribution is 2.18. The molecule has 21 heavy (non-hydrogen) atoms. The van der Waals surface area contributed by atoms with Gasteiger partial charge in [0, 0.05) is 26.3 Å². The molecule has 0 fully saturated rings. The molecular weight excluding hydrogens is 270 g/mol. The molecule has 1 atom stereocenters. The summed E-state index contributed by atoms with van der Waals surface area (Å²) in [6.45, 7) is 3.92. The van der Waals surface area contributed by atoms with Crippen LogP contribution in [0.1, 0.15) is 24.4 Å². The summed E-state index contributed by atoms with van der Waals surface area (Å²) in [7, 11) is 3.35. The lowest BCUT2D eigenvalue weighted by Crippen LogP contribution is -2.25. The maximum Gasteiger partial charge on any atom is 0.173 e. The van der Waals surface area contributed by atoms with Crippen molar-refractivity contribution in [2.45, 2.75) is 19.6 Å². The minimum Gasteiger partial charge on any atom is -0.383 e. The lowest BCUT2D eigenvalue weighted by Gasteiger charge is -2.15. The molecule has 1 heterocycles. The normalized spacial score (nSPS) is 12.5. The second-order valence-electron chi connectivity index (χ2n) is 4.68. The van der Waals surface area contributed by atoms with Crippen LogP contribution in [0.4, 0.5) is 0 Å². The topological polar surface area (TPSA) is 74.1 Å². The summed E-state index contributed by atoms with van der Waals surface area (Å²) < 4.78 is 12.0.